The van der Waals surface area contributed by atoms with Crippen molar-refractivity contribution in [3.8, 4) is 0 Å². The number of amides is 1. The molecular formula is C22H35IN4O3. The topological polar surface area (TPSA) is 66.4 Å². The Labute approximate surface area is 197 Å². The number of hydrogen-bond donors (Lipinski definition) is 1. The van der Waals surface area contributed by atoms with Crippen LogP contribution in [0.1, 0.15) is 45.2 Å². The Kier molecular flexibility index (Phi) is 9.21. The summed E-state index contributed by atoms with van der Waals surface area (Å²) in [4.78, 5) is 21.1. The van der Waals surface area contributed by atoms with Crippen LogP contribution in [0.4, 0.5) is 4.79 Å². The molecule has 0 saturated carbocycles. The number of rotatable bonds is 6. The van der Waals surface area contributed by atoms with E-state index in [1.54, 1.807) is 4.90 Å². The van der Waals surface area contributed by atoms with E-state index in [9.17, 15) is 4.79 Å². The first-order chi connectivity index (χ1) is 13.9. The minimum absolute atomic E-state index is 0. The maximum Gasteiger partial charge on any atom is 0.410 e. The summed E-state index contributed by atoms with van der Waals surface area (Å²) < 4.78 is 11.2. The average Bonchev–Trinajstić information content (AvgIpc) is 3.08. The van der Waals surface area contributed by atoms with E-state index < -0.39 is 5.60 Å². The summed E-state index contributed by atoms with van der Waals surface area (Å²) in [5.74, 6) is 0.920. The Bertz CT molecular complexity index is 735. The zero-order chi connectivity index (χ0) is 20.9. The summed E-state index contributed by atoms with van der Waals surface area (Å²) >= 11 is 0. The summed E-state index contributed by atoms with van der Waals surface area (Å²) in [5.41, 5.74) is 1.96. The standard InChI is InChI=1S/C22H34N4O3.HI/c1-5-12-28-16-18-9-7-6-8-17(18)13-23-20-24-14-19-15-25(10-11-26(19)20)21(27)29-22(2,3)4;/h6-9,19H,5,10-16H2,1-4H3,(H,23,24);1H. The van der Waals surface area contributed by atoms with Crippen molar-refractivity contribution in [1.29, 1.82) is 0 Å². The highest BCUT2D eigenvalue weighted by Crippen LogP contribution is 2.19. The van der Waals surface area contributed by atoms with Crippen LogP contribution < -0.4 is 5.32 Å². The van der Waals surface area contributed by atoms with Crippen LogP contribution in [-0.2, 0) is 22.6 Å². The van der Waals surface area contributed by atoms with E-state index in [0.717, 1.165) is 25.5 Å². The third-order valence-corrected chi connectivity index (χ3v) is 5.02. The highest BCUT2D eigenvalue weighted by molar-refractivity contribution is 14.0. The molecule has 2 heterocycles. The summed E-state index contributed by atoms with van der Waals surface area (Å²) in [5, 5.41) is 3.50. The quantitative estimate of drug-likeness (QED) is 0.450. The number of carbonyl (C=O) groups excluding carboxylic acids is 1. The third-order valence-electron chi connectivity index (χ3n) is 5.02. The number of nitrogens with one attached hydrogen (secondary N) is 1. The number of aliphatic imine (C=N–C) groups is 1. The maximum atomic E-state index is 12.4. The van der Waals surface area contributed by atoms with Gasteiger partial charge in [-0.05, 0) is 38.3 Å². The van der Waals surface area contributed by atoms with Crippen LogP contribution in [0.2, 0.25) is 0 Å². The first-order valence-electron chi connectivity index (χ1n) is 10.5. The molecule has 2 aliphatic heterocycles. The van der Waals surface area contributed by atoms with Crippen molar-refractivity contribution >= 4 is 36.0 Å². The van der Waals surface area contributed by atoms with Crippen molar-refractivity contribution in [2.24, 2.45) is 4.99 Å². The highest BCUT2D eigenvalue weighted by atomic mass is 127. The molecule has 0 bridgehead atoms. The molecule has 1 aromatic rings. The molecule has 1 N–H and O–H groups in total. The van der Waals surface area contributed by atoms with Crippen molar-refractivity contribution < 1.29 is 14.3 Å². The summed E-state index contributed by atoms with van der Waals surface area (Å²) in [6, 6.07) is 8.56. The van der Waals surface area contributed by atoms with E-state index in [1.807, 2.05) is 26.8 Å². The fourth-order valence-electron chi connectivity index (χ4n) is 3.59. The monoisotopic (exact) mass is 530 g/mol. The van der Waals surface area contributed by atoms with Crippen molar-refractivity contribution in [3.63, 3.8) is 0 Å². The average molecular weight is 530 g/mol. The molecule has 1 aromatic carbocycles. The molecule has 8 heteroatoms. The van der Waals surface area contributed by atoms with Crippen LogP contribution in [-0.4, -0.2) is 66.3 Å². The van der Waals surface area contributed by atoms with Gasteiger partial charge in [0, 0.05) is 32.8 Å². The molecule has 168 valence electrons. The molecule has 0 spiro atoms. The number of benzene rings is 1. The number of carbonyl (C=O) groups is 1. The molecular weight excluding hydrogens is 495 g/mol. The number of piperazine rings is 1. The number of hydrogen-bond acceptors (Lipinski definition) is 6. The number of nitrogens with zero attached hydrogens (tertiary/aromatic N) is 3. The van der Waals surface area contributed by atoms with E-state index in [-0.39, 0.29) is 36.1 Å². The van der Waals surface area contributed by atoms with Crippen LogP contribution in [0.3, 0.4) is 0 Å². The number of guanidine groups is 1. The Morgan fingerprint density at radius 1 is 1.23 bits per heavy atom. The van der Waals surface area contributed by atoms with E-state index in [0.29, 0.717) is 32.8 Å². The summed E-state index contributed by atoms with van der Waals surface area (Å²) in [6.07, 6.45) is 0.785. The molecule has 1 fully saturated rings. The predicted molar refractivity (Wildman–Crippen MR) is 129 cm³/mol. The smallest absolute Gasteiger partial charge is 0.410 e. The van der Waals surface area contributed by atoms with E-state index in [4.69, 9.17) is 14.5 Å². The lowest BCUT2D eigenvalue weighted by atomic mass is 10.1. The number of fused-ring (bicyclic) bond motifs is 1. The lowest BCUT2D eigenvalue weighted by Gasteiger charge is -2.39. The molecule has 1 amide bonds. The molecule has 7 nitrogen and oxygen atoms in total. The van der Waals surface area contributed by atoms with Gasteiger partial charge in [0.15, 0.2) is 5.96 Å². The predicted octanol–water partition coefficient (Wildman–Crippen LogP) is 3.61. The van der Waals surface area contributed by atoms with Crippen LogP contribution in [0.25, 0.3) is 0 Å². The van der Waals surface area contributed by atoms with E-state index in [1.165, 1.54) is 11.1 Å². The van der Waals surface area contributed by atoms with Crippen LogP contribution in [0.5, 0.6) is 0 Å². The van der Waals surface area contributed by atoms with Gasteiger partial charge in [0.1, 0.15) is 5.60 Å². The molecule has 1 saturated heterocycles. The SMILES string of the molecule is CCCOCc1ccccc1CNC1=NCC2CN(C(=O)OC(C)(C)C)CCN12.I. The molecule has 0 radical (unpaired) electrons. The van der Waals surface area contributed by atoms with Gasteiger partial charge in [-0.1, -0.05) is 31.2 Å². The second kappa shape index (κ2) is 11.2. The normalized spacial score (nSPS) is 18.4. The van der Waals surface area contributed by atoms with Gasteiger partial charge in [0.2, 0.25) is 0 Å². The Hall–Kier alpha value is -1.55. The lowest BCUT2D eigenvalue weighted by molar-refractivity contribution is 0.0137. The van der Waals surface area contributed by atoms with Crippen LogP contribution in [0.15, 0.2) is 29.3 Å². The molecule has 30 heavy (non-hydrogen) atoms. The number of halogens is 1. The largest absolute Gasteiger partial charge is 0.444 e. The molecule has 0 aromatic heterocycles. The Morgan fingerprint density at radius 3 is 2.67 bits per heavy atom. The Morgan fingerprint density at radius 2 is 1.97 bits per heavy atom. The first kappa shape index (κ1) is 24.7. The second-order valence-corrected chi connectivity index (χ2v) is 8.61. The zero-order valence-electron chi connectivity index (χ0n) is 18.5. The van der Waals surface area contributed by atoms with Crippen molar-refractivity contribution in [1.82, 2.24) is 15.1 Å². The van der Waals surface area contributed by atoms with Crippen molar-refractivity contribution in [2.75, 3.05) is 32.8 Å². The fourth-order valence-corrected chi connectivity index (χ4v) is 3.59. The van der Waals surface area contributed by atoms with Gasteiger partial charge in [-0.2, -0.15) is 0 Å². The number of ether oxygens (including phenoxy) is 2. The fraction of sp³-hybridized carbons (Fsp3) is 0.636. The molecule has 1 unspecified atom stereocenters. The third kappa shape index (κ3) is 6.73. The molecule has 0 aliphatic carbocycles. The van der Waals surface area contributed by atoms with Gasteiger partial charge in [0.05, 0.1) is 19.2 Å². The second-order valence-electron chi connectivity index (χ2n) is 8.61. The van der Waals surface area contributed by atoms with Gasteiger partial charge in [-0.25, -0.2) is 4.79 Å². The molecule has 3 rings (SSSR count). The van der Waals surface area contributed by atoms with Crippen molar-refractivity contribution in [3.05, 3.63) is 35.4 Å². The highest BCUT2D eigenvalue weighted by Gasteiger charge is 2.36. The van der Waals surface area contributed by atoms with E-state index in [2.05, 4.69) is 35.3 Å². The maximum absolute atomic E-state index is 12.4. The van der Waals surface area contributed by atoms with Gasteiger partial charge >= 0.3 is 6.09 Å². The minimum atomic E-state index is -0.471. The van der Waals surface area contributed by atoms with Crippen molar-refractivity contribution in [2.45, 2.75) is 58.9 Å². The zero-order valence-corrected chi connectivity index (χ0v) is 20.8. The van der Waals surface area contributed by atoms with Gasteiger partial charge in [-0.3, -0.25) is 4.99 Å². The molecule has 1 atom stereocenters. The van der Waals surface area contributed by atoms with Gasteiger partial charge in [-0.15, -0.1) is 24.0 Å². The summed E-state index contributed by atoms with van der Waals surface area (Å²) in [6.45, 7) is 12.7. The van der Waals surface area contributed by atoms with E-state index >= 15 is 0 Å². The van der Waals surface area contributed by atoms with Crippen LogP contribution >= 0.6 is 24.0 Å². The van der Waals surface area contributed by atoms with Gasteiger partial charge < -0.3 is 24.6 Å². The summed E-state index contributed by atoms with van der Waals surface area (Å²) in [7, 11) is 0. The Balaban J connectivity index is 0.00000320. The first-order valence-corrected chi connectivity index (χ1v) is 10.5. The minimum Gasteiger partial charge on any atom is -0.444 e. The van der Waals surface area contributed by atoms with Gasteiger partial charge in [0.25, 0.3) is 0 Å². The lowest BCUT2D eigenvalue weighted by Crippen LogP contribution is -2.57. The molecule has 2 aliphatic rings. The van der Waals surface area contributed by atoms with Crippen LogP contribution in [0, 0.1) is 0 Å².